The second kappa shape index (κ2) is 11.6. The second-order valence-electron chi connectivity index (χ2n) is 9.32. The maximum atomic E-state index is 13.3. The number of carbonyl (C=O) groups is 1. The Morgan fingerprint density at radius 2 is 1.73 bits per heavy atom. The molecule has 2 aromatic rings. The van der Waals surface area contributed by atoms with E-state index in [-0.39, 0.29) is 12.0 Å². The number of likely N-dealkylation sites (tertiary alicyclic amines) is 1. The Labute approximate surface area is 198 Å². The van der Waals surface area contributed by atoms with Crippen molar-refractivity contribution >= 4 is 5.91 Å². The molecule has 2 heterocycles. The van der Waals surface area contributed by atoms with Crippen molar-refractivity contribution in [1.82, 2.24) is 14.7 Å². The highest BCUT2D eigenvalue weighted by Gasteiger charge is 2.33. The number of methoxy groups -OCH3 is 1. The lowest BCUT2D eigenvalue weighted by Crippen LogP contribution is -2.47. The van der Waals surface area contributed by atoms with Crippen LogP contribution in [0.3, 0.4) is 0 Å². The van der Waals surface area contributed by atoms with E-state index in [0.29, 0.717) is 25.7 Å². The molecule has 1 unspecified atom stereocenters. The zero-order chi connectivity index (χ0) is 23.0. The van der Waals surface area contributed by atoms with Gasteiger partial charge in [0.25, 0.3) is 0 Å². The predicted octanol–water partition coefficient (Wildman–Crippen LogP) is 3.06. The van der Waals surface area contributed by atoms with Gasteiger partial charge < -0.3 is 19.3 Å². The van der Waals surface area contributed by atoms with Crippen LogP contribution in [0, 0.1) is 0 Å². The van der Waals surface area contributed by atoms with E-state index in [9.17, 15) is 4.79 Å². The van der Waals surface area contributed by atoms with Gasteiger partial charge in [0.1, 0.15) is 5.75 Å². The van der Waals surface area contributed by atoms with E-state index in [0.717, 1.165) is 56.8 Å². The summed E-state index contributed by atoms with van der Waals surface area (Å²) in [7, 11) is 3.86. The third kappa shape index (κ3) is 6.79. The molecule has 2 aliphatic heterocycles. The molecule has 4 rings (SSSR count). The van der Waals surface area contributed by atoms with Gasteiger partial charge in [-0.25, -0.2) is 0 Å². The summed E-state index contributed by atoms with van der Waals surface area (Å²) in [5.74, 6) is 1.06. The number of carbonyl (C=O) groups excluding carboxylic acids is 1. The Kier molecular flexibility index (Phi) is 8.37. The molecule has 2 saturated heterocycles. The first-order chi connectivity index (χ1) is 16.1. The minimum atomic E-state index is -0.0157. The molecule has 6 nitrogen and oxygen atoms in total. The third-order valence-corrected chi connectivity index (χ3v) is 6.89. The number of ether oxygens (including phenoxy) is 2. The van der Waals surface area contributed by atoms with Gasteiger partial charge in [-0.05, 0) is 62.7 Å². The fraction of sp³-hybridized carbons (Fsp3) is 0.519. The molecule has 6 heteroatoms. The minimum absolute atomic E-state index is 0.0157. The van der Waals surface area contributed by atoms with Crippen LogP contribution in [0.1, 0.15) is 24.0 Å². The summed E-state index contributed by atoms with van der Waals surface area (Å²) < 4.78 is 11.8. The normalized spacial score (nSPS) is 21.2. The first-order valence-corrected chi connectivity index (χ1v) is 12.1. The minimum Gasteiger partial charge on any atom is -0.497 e. The average molecular weight is 452 g/mol. The Morgan fingerprint density at radius 1 is 0.970 bits per heavy atom. The van der Waals surface area contributed by atoms with Crippen LogP contribution in [0.4, 0.5) is 0 Å². The molecule has 33 heavy (non-hydrogen) atoms. The Morgan fingerprint density at radius 3 is 2.48 bits per heavy atom. The number of rotatable bonds is 8. The molecule has 0 aromatic heterocycles. The molecular weight excluding hydrogens is 414 g/mol. The van der Waals surface area contributed by atoms with E-state index < -0.39 is 0 Å². The van der Waals surface area contributed by atoms with Crippen molar-refractivity contribution in [3.63, 3.8) is 0 Å². The molecular formula is C27H37N3O3. The maximum absolute atomic E-state index is 13.3. The van der Waals surface area contributed by atoms with E-state index in [1.165, 1.54) is 5.56 Å². The lowest BCUT2D eigenvalue weighted by molar-refractivity contribution is -0.132. The molecule has 2 fully saturated rings. The highest BCUT2D eigenvalue weighted by molar-refractivity contribution is 5.78. The van der Waals surface area contributed by atoms with E-state index in [2.05, 4.69) is 47.2 Å². The van der Waals surface area contributed by atoms with Crippen molar-refractivity contribution in [2.75, 3.05) is 53.4 Å². The monoisotopic (exact) mass is 451 g/mol. The summed E-state index contributed by atoms with van der Waals surface area (Å²) in [6.07, 6.45) is 3.06. The van der Waals surface area contributed by atoms with E-state index in [4.69, 9.17) is 9.47 Å². The van der Waals surface area contributed by atoms with Crippen LogP contribution in [0.5, 0.6) is 5.75 Å². The van der Waals surface area contributed by atoms with Crippen molar-refractivity contribution < 1.29 is 14.3 Å². The topological polar surface area (TPSA) is 45.3 Å². The molecule has 1 amide bonds. The van der Waals surface area contributed by atoms with Crippen LogP contribution >= 0.6 is 0 Å². The zero-order valence-electron chi connectivity index (χ0n) is 20.0. The molecule has 0 N–H and O–H groups in total. The maximum Gasteiger partial charge on any atom is 0.236 e. The van der Waals surface area contributed by atoms with Crippen molar-refractivity contribution in [2.24, 2.45) is 0 Å². The van der Waals surface area contributed by atoms with Gasteiger partial charge in [0, 0.05) is 25.7 Å². The van der Waals surface area contributed by atoms with Crippen LogP contribution in [-0.4, -0.2) is 86.2 Å². The van der Waals surface area contributed by atoms with Gasteiger partial charge >= 0.3 is 0 Å². The second-order valence-corrected chi connectivity index (χ2v) is 9.32. The molecule has 178 valence electrons. The van der Waals surface area contributed by atoms with Gasteiger partial charge in [0.2, 0.25) is 5.91 Å². The van der Waals surface area contributed by atoms with Crippen molar-refractivity contribution in [3.8, 4) is 5.75 Å². The molecule has 0 saturated carbocycles. The average Bonchev–Trinajstić information content (AvgIpc) is 3.01. The molecule has 2 aromatic carbocycles. The summed E-state index contributed by atoms with van der Waals surface area (Å²) >= 11 is 0. The smallest absolute Gasteiger partial charge is 0.236 e. The van der Waals surface area contributed by atoms with Crippen LogP contribution < -0.4 is 4.74 Å². The van der Waals surface area contributed by atoms with Gasteiger partial charge in [-0.1, -0.05) is 42.5 Å². The van der Waals surface area contributed by atoms with Gasteiger partial charge in [0.05, 0.1) is 26.4 Å². The van der Waals surface area contributed by atoms with E-state index >= 15 is 0 Å². The number of hydrogen-bond acceptors (Lipinski definition) is 5. The first kappa shape index (κ1) is 23.7. The first-order valence-electron chi connectivity index (χ1n) is 12.1. The Balaban J connectivity index is 1.44. The van der Waals surface area contributed by atoms with E-state index in [1.807, 2.05) is 29.2 Å². The molecule has 0 aliphatic carbocycles. The highest BCUT2D eigenvalue weighted by Crippen LogP contribution is 2.21. The van der Waals surface area contributed by atoms with Crippen LogP contribution in [0.25, 0.3) is 0 Å². The number of hydrogen-bond donors (Lipinski definition) is 0. The number of amides is 1. The molecule has 0 spiro atoms. The summed E-state index contributed by atoms with van der Waals surface area (Å²) in [5, 5.41) is 0. The van der Waals surface area contributed by atoms with Gasteiger partial charge in [-0.3, -0.25) is 9.69 Å². The molecule has 1 atom stereocenters. The number of nitrogens with zero attached hydrogens (tertiary/aromatic N) is 3. The van der Waals surface area contributed by atoms with Crippen LogP contribution in [0.15, 0.2) is 54.6 Å². The Bertz CT molecular complexity index is 883. The highest BCUT2D eigenvalue weighted by atomic mass is 16.5. The van der Waals surface area contributed by atoms with Crippen molar-refractivity contribution in [1.29, 1.82) is 0 Å². The van der Waals surface area contributed by atoms with Crippen molar-refractivity contribution in [2.45, 2.75) is 38.0 Å². The zero-order valence-corrected chi connectivity index (χ0v) is 20.0. The lowest BCUT2D eigenvalue weighted by atomic mass is 10.0. The summed E-state index contributed by atoms with van der Waals surface area (Å²) in [4.78, 5) is 20.0. The summed E-state index contributed by atoms with van der Waals surface area (Å²) in [6, 6.07) is 18.9. The summed E-state index contributed by atoms with van der Waals surface area (Å²) in [6.45, 7) is 5.34. The Hall–Kier alpha value is -2.41. The fourth-order valence-electron chi connectivity index (χ4n) is 4.85. The number of piperidine rings is 1. The number of benzene rings is 2. The lowest BCUT2D eigenvalue weighted by Gasteiger charge is -2.37. The van der Waals surface area contributed by atoms with Gasteiger partial charge in [0.15, 0.2) is 0 Å². The fourth-order valence-corrected chi connectivity index (χ4v) is 4.85. The van der Waals surface area contributed by atoms with Crippen LogP contribution in [0.2, 0.25) is 0 Å². The predicted molar refractivity (Wildman–Crippen MR) is 130 cm³/mol. The quantitative estimate of drug-likeness (QED) is 0.617. The standard InChI is InChI=1S/C27H37N3O3/c1-28-14-12-24(13-15-28)30-19-26(33-21-23-9-6-10-25(17-23)32-2)18-29(27(31)20-30)16-11-22-7-4-3-5-8-22/h3-10,17,24,26H,11-16,18-21H2,1-2H3. The third-order valence-electron chi connectivity index (χ3n) is 6.89. The molecule has 0 bridgehead atoms. The van der Waals surface area contributed by atoms with Gasteiger partial charge in [-0.2, -0.15) is 0 Å². The molecule has 0 radical (unpaired) electrons. The van der Waals surface area contributed by atoms with Gasteiger partial charge in [-0.15, -0.1) is 0 Å². The largest absolute Gasteiger partial charge is 0.497 e. The van der Waals surface area contributed by atoms with E-state index in [1.54, 1.807) is 7.11 Å². The van der Waals surface area contributed by atoms with Crippen LogP contribution in [-0.2, 0) is 22.6 Å². The summed E-state index contributed by atoms with van der Waals surface area (Å²) in [5.41, 5.74) is 2.35. The molecule has 2 aliphatic rings. The van der Waals surface area contributed by atoms with Crippen molar-refractivity contribution in [3.05, 3.63) is 65.7 Å². The SMILES string of the molecule is COc1cccc(COC2CN(CCc3ccccc3)C(=O)CN(C3CCN(C)CC3)C2)c1.